The van der Waals surface area contributed by atoms with Crippen LogP contribution in [0, 0.1) is 0 Å². The number of nitrogens with two attached hydrogens (primary N) is 1. The summed E-state index contributed by atoms with van der Waals surface area (Å²) in [4.78, 5) is 16.0. The van der Waals surface area contributed by atoms with E-state index in [4.69, 9.17) is 9.88 Å². The van der Waals surface area contributed by atoms with Crippen molar-refractivity contribution in [3.63, 3.8) is 0 Å². The summed E-state index contributed by atoms with van der Waals surface area (Å²) in [6, 6.07) is 15.8. The molecule has 0 saturated carbocycles. The van der Waals surface area contributed by atoms with Crippen molar-refractivity contribution in [2.24, 2.45) is 5.14 Å². The second-order valence-electron chi connectivity index (χ2n) is 8.24. The first-order valence-electron chi connectivity index (χ1n) is 11.8. The first kappa shape index (κ1) is 26.7. The lowest BCUT2D eigenvalue weighted by molar-refractivity contribution is 0.0951. The first-order chi connectivity index (χ1) is 16.8. The van der Waals surface area contributed by atoms with Gasteiger partial charge < -0.3 is 15.0 Å². The molecule has 0 spiro atoms. The molecule has 3 N–H and O–H groups in total. The van der Waals surface area contributed by atoms with Crippen molar-refractivity contribution in [2.75, 3.05) is 18.0 Å². The summed E-state index contributed by atoms with van der Waals surface area (Å²) in [6.07, 6.45) is 3.77. The van der Waals surface area contributed by atoms with E-state index in [-0.39, 0.29) is 22.1 Å². The molecular formula is C26H33N3O4S2. The number of sulfonamides is 1. The lowest BCUT2D eigenvalue weighted by Crippen LogP contribution is -2.28. The van der Waals surface area contributed by atoms with Gasteiger partial charge in [0.1, 0.15) is 10.6 Å². The summed E-state index contributed by atoms with van der Waals surface area (Å²) >= 11 is 1.54. The number of nitrogens with zero attached hydrogens (tertiary/aromatic N) is 1. The number of nitrogens with one attached hydrogen (secondary N) is 1. The number of thiophene rings is 1. The van der Waals surface area contributed by atoms with E-state index in [9.17, 15) is 13.2 Å². The maximum absolute atomic E-state index is 13.1. The Kier molecular flexibility index (Phi) is 9.71. The zero-order valence-electron chi connectivity index (χ0n) is 20.2. The van der Waals surface area contributed by atoms with Gasteiger partial charge in [0.05, 0.1) is 12.2 Å². The number of hydrogen-bond acceptors (Lipinski definition) is 6. The third-order valence-electron chi connectivity index (χ3n) is 5.47. The van der Waals surface area contributed by atoms with Crippen molar-refractivity contribution in [1.82, 2.24) is 5.32 Å². The fourth-order valence-electron chi connectivity index (χ4n) is 3.61. The third kappa shape index (κ3) is 7.55. The van der Waals surface area contributed by atoms with E-state index < -0.39 is 10.0 Å². The molecule has 3 rings (SSSR count). The molecule has 3 aromatic rings. The number of ether oxygens (including phenoxy) is 1. The molecule has 0 bridgehead atoms. The molecule has 0 unspecified atom stereocenters. The Balaban J connectivity index is 2.11. The molecule has 0 radical (unpaired) electrons. The van der Waals surface area contributed by atoms with Crippen molar-refractivity contribution < 1.29 is 17.9 Å². The van der Waals surface area contributed by atoms with Gasteiger partial charge in [-0.3, -0.25) is 4.79 Å². The number of carbonyl (C=O) groups excluding carboxylic acids is 1. The smallest absolute Gasteiger partial charge is 0.251 e. The monoisotopic (exact) mass is 515 g/mol. The molecule has 7 nitrogen and oxygen atoms in total. The molecule has 1 heterocycles. The molecule has 1 amide bonds. The van der Waals surface area contributed by atoms with E-state index >= 15 is 0 Å². The number of unbranched alkanes of at least 4 members (excludes halogenated alkanes) is 2. The molecule has 35 heavy (non-hydrogen) atoms. The van der Waals surface area contributed by atoms with Crippen LogP contribution in [0.15, 0.2) is 64.9 Å². The molecule has 0 fully saturated rings. The number of benzene rings is 2. The number of amides is 1. The first-order valence-corrected chi connectivity index (χ1v) is 14.2. The highest BCUT2D eigenvalue weighted by Gasteiger charge is 2.26. The SMILES string of the molecule is CCCCN(CCCC)c1cc(C(=O)NCc2cccs2)cc(S(N)(=O)=O)c1Oc1ccccc1. The van der Waals surface area contributed by atoms with Gasteiger partial charge in [0, 0.05) is 23.5 Å². The van der Waals surface area contributed by atoms with Crippen molar-refractivity contribution in [3.8, 4) is 11.5 Å². The Hall–Kier alpha value is -2.88. The predicted molar refractivity (Wildman–Crippen MR) is 142 cm³/mol. The van der Waals surface area contributed by atoms with Crippen LogP contribution >= 0.6 is 11.3 Å². The quantitative estimate of drug-likeness (QED) is 0.312. The van der Waals surface area contributed by atoms with Crippen LogP contribution in [0.5, 0.6) is 11.5 Å². The van der Waals surface area contributed by atoms with Crippen molar-refractivity contribution in [3.05, 3.63) is 70.4 Å². The summed E-state index contributed by atoms with van der Waals surface area (Å²) in [5.74, 6) is 0.252. The van der Waals surface area contributed by atoms with E-state index in [1.54, 1.807) is 18.2 Å². The molecule has 1 aromatic heterocycles. The predicted octanol–water partition coefficient (Wildman–Crippen LogP) is 5.52. The maximum atomic E-state index is 13.1. The Morgan fingerprint density at radius 3 is 2.29 bits per heavy atom. The number of hydrogen-bond donors (Lipinski definition) is 2. The second-order valence-corrected chi connectivity index (χ2v) is 10.8. The van der Waals surface area contributed by atoms with Crippen LogP contribution in [0.4, 0.5) is 5.69 Å². The topological polar surface area (TPSA) is 102 Å². The molecule has 0 saturated heterocycles. The van der Waals surface area contributed by atoms with E-state index in [0.29, 0.717) is 31.1 Å². The third-order valence-corrected chi connectivity index (χ3v) is 7.27. The lowest BCUT2D eigenvalue weighted by Gasteiger charge is -2.28. The van der Waals surface area contributed by atoms with E-state index in [1.165, 1.54) is 17.4 Å². The standard InChI is InChI=1S/C26H33N3O4S2/c1-3-5-14-29(15-6-4-2)23-17-20(26(30)28-19-22-13-10-16-34-22)18-24(35(27,31)32)25(23)33-21-11-8-7-9-12-21/h7-13,16-18H,3-6,14-15,19H2,1-2H3,(H,28,30)(H2,27,31,32). The van der Waals surface area contributed by atoms with Crippen molar-refractivity contribution >= 4 is 33.0 Å². The van der Waals surface area contributed by atoms with Gasteiger partial charge in [-0.25, -0.2) is 13.6 Å². The fourth-order valence-corrected chi connectivity index (χ4v) is 4.95. The number of anilines is 1. The van der Waals surface area contributed by atoms with Crippen molar-refractivity contribution in [2.45, 2.75) is 51.0 Å². The van der Waals surface area contributed by atoms with Gasteiger partial charge in [-0.2, -0.15) is 0 Å². The molecule has 0 aliphatic rings. The Bertz CT molecular complexity index is 1190. The largest absolute Gasteiger partial charge is 0.454 e. The highest BCUT2D eigenvalue weighted by atomic mass is 32.2. The lowest BCUT2D eigenvalue weighted by atomic mass is 10.1. The summed E-state index contributed by atoms with van der Waals surface area (Å²) in [6.45, 7) is 5.96. The zero-order valence-corrected chi connectivity index (χ0v) is 21.8. The van der Waals surface area contributed by atoms with Crippen LogP contribution in [-0.2, 0) is 16.6 Å². The van der Waals surface area contributed by atoms with Crippen LogP contribution < -0.4 is 20.1 Å². The van der Waals surface area contributed by atoms with Gasteiger partial charge in [0.15, 0.2) is 5.75 Å². The second kappa shape index (κ2) is 12.7. The molecule has 0 aliphatic carbocycles. The summed E-state index contributed by atoms with van der Waals surface area (Å²) in [5, 5.41) is 10.5. The highest BCUT2D eigenvalue weighted by molar-refractivity contribution is 7.89. The van der Waals surface area contributed by atoms with Gasteiger partial charge in [-0.05, 0) is 48.6 Å². The zero-order chi connectivity index (χ0) is 25.3. The van der Waals surface area contributed by atoms with Crippen molar-refractivity contribution in [1.29, 1.82) is 0 Å². The molecule has 0 atom stereocenters. The summed E-state index contributed by atoms with van der Waals surface area (Å²) < 4.78 is 31.6. The highest BCUT2D eigenvalue weighted by Crippen LogP contribution is 2.39. The van der Waals surface area contributed by atoms with Gasteiger partial charge in [0.25, 0.3) is 5.91 Å². The molecule has 9 heteroatoms. The Morgan fingerprint density at radius 2 is 1.71 bits per heavy atom. The fraction of sp³-hybridized carbons (Fsp3) is 0.346. The number of para-hydroxylation sites is 1. The minimum atomic E-state index is -4.19. The van der Waals surface area contributed by atoms with Gasteiger partial charge in [0.2, 0.25) is 10.0 Å². The Labute approximate surface area is 212 Å². The summed E-state index contributed by atoms with van der Waals surface area (Å²) in [7, 11) is -4.19. The van der Waals surface area contributed by atoms with Crippen LogP contribution in [0.1, 0.15) is 54.8 Å². The van der Waals surface area contributed by atoms with Crippen LogP contribution in [0.2, 0.25) is 0 Å². The summed E-state index contributed by atoms with van der Waals surface area (Å²) in [5.41, 5.74) is 0.766. The Morgan fingerprint density at radius 1 is 1.03 bits per heavy atom. The van der Waals surface area contributed by atoms with Gasteiger partial charge in [-0.1, -0.05) is 51.0 Å². The number of primary sulfonamides is 1. The van der Waals surface area contributed by atoms with Gasteiger partial charge in [-0.15, -0.1) is 11.3 Å². The van der Waals surface area contributed by atoms with Gasteiger partial charge >= 0.3 is 0 Å². The molecule has 0 aliphatic heterocycles. The van der Waals surface area contributed by atoms with Crippen LogP contribution in [0.25, 0.3) is 0 Å². The van der Waals surface area contributed by atoms with Crippen LogP contribution in [0.3, 0.4) is 0 Å². The number of rotatable bonds is 13. The van der Waals surface area contributed by atoms with E-state index in [2.05, 4.69) is 24.1 Å². The molecule has 188 valence electrons. The number of carbonyl (C=O) groups is 1. The molecule has 2 aromatic carbocycles. The minimum absolute atomic E-state index is 0.140. The average molecular weight is 516 g/mol. The molecular weight excluding hydrogens is 482 g/mol. The van der Waals surface area contributed by atoms with E-state index in [1.807, 2.05) is 35.7 Å². The van der Waals surface area contributed by atoms with E-state index in [0.717, 1.165) is 30.6 Å². The maximum Gasteiger partial charge on any atom is 0.251 e. The average Bonchev–Trinajstić information content (AvgIpc) is 3.36. The van der Waals surface area contributed by atoms with Crippen LogP contribution in [-0.4, -0.2) is 27.4 Å². The minimum Gasteiger partial charge on any atom is -0.454 e. The normalized spacial score (nSPS) is 11.3.